The summed E-state index contributed by atoms with van der Waals surface area (Å²) >= 11 is 8.22. The van der Waals surface area contributed by atoms with Gasteiger partial charge in [-0.25, -0.2) is 0 Å². The second kappa shape index (κ2) is 5.10. The average Bonchev–Trinajstić information content (AvgIpc) is 1.79. The topological polar surface area (TPSA) is 0 Å². The molecule has 1 aliphatic rings. The minimum absolute atomic E-state index is 0.810. The fourth-order valence-electron chi connectivity index (χ4n) is 0.463. The van der Waals surface area contributed by atoms with Gasteiger partial charge < -0.3 is 0 Å². The summed E-state index contributed by atoms with van der Waals surface area (Å²) in [5.41, 5.74) is 0. The molecule has 54 valence electrons. The lowest BCUT2D eigenvalue weighted by molar-refractivity contribution is 1.42. The van der Waals surface area contributed by atoms with Crippen LogP contribution in [0, 0.1) is 0 Å². The third-order valence-electron chi connectivity index (χ3n) is 0.939. The molecule has 0 aromatic heterocycles. The SMILES string of the molecule is CC1SCSCSCS1. The van der Waals surface area contributed by atoms with Gasteiger partial charge in [0.05, 0.1) is 0 Å². The third kappa shape index (κ3) is 3.96. The molecular weight excluding hydrogens is 188 g/mol. The predicted molar refractivity (Wildman–Crippen MR) is 54.4 cm³/mol. The summed E-state index contributed by atoms with van der Waals surface area (Å²) in [6.07, 6.45) is 0. The van der Waals surface area contributed by atoms with Gasteiger partial charge in [-0.05, 0) is 6.92 Å². The van der Waals surface area contributed by atoms with Crippen molar-refractivity contribution in [3.8, 4) is 0 Å². The van der Waals surface area contributed by atoms with E-state index in [1.54, 1.807) is 0 Å². The van der Waals surface area contributed by atoms with E-state index in [0.29, 0.717) is 0 Å². The van der Waals surface area contributed by atoms with Gasteiger partial charge in [0.2, 0.25) is 0 Å². The Labute approximate surface area is 73.7 Å². The first-order valence-electron chi connectivity index (χ1n) is 2.78. The van der Waals surface area contributed by atoms with Gasteiger partial charge in [0.15, 0.2) is 0 Å². The summed E-state index contributed by atoms with van der Waals surface area (Å²) in [5, 5.41) is 3.84. The van der Waals surface area contributed by atoms with Crippen molar-refractivity contribution in [2.75, 3.05) is 15.3 Å². The van der Waals surface area contributed by atoms with E-state index < -0.39 is 0 Å². The molecule has 0 unspecified atom stereocenters. The summed E-state index contributed by atoms with van der Waals surface area (Å²) in [4.78, 5) is 0. The lowest BCUT2D eigenvalue weighted by Gasteiger charge is -2.13. The normalized spacial score (nSPS) is 25.0. The Morgan fingerprint density at radius 3 is 2.11 bits per heavy atom. The van der Waals surface area contributed by atoms with Crippen LogP contribution in [0.2, 0.25) is 0 Å². The van der Waals surface area contributed by atoms with E-state index >= 15 is 0 Å². The molecule has 0 spiro atoms. The van der Waals surface area contributed by atoms with Crippen molar-refractivity contribution in [2.45, 2.75) is 11.5 Å². The molecule has 0 bridgehead atoms. The minimum atomic E-state index is 0.810. The van der Waals surface area contributed by atoms with E-state index in [1.165, 1.54) is 15.3 Å². The first-order valence-corrected chi connectivity index (χ1v) is 7.19. The highest BCUT2D eigenvalue weighted by Crippen LogP contribution is 2.33. The molecule has 0 saturated carbocycles. The maximum Gasteiger partial charge on any atom is 0.0490 e. The molecule has 1 saturated heterocycles. The highest BCUT2D eigenvalue weighted by Gasteiger charge is 2.05. The van der Waals surface area contributed by atoms with Crippen LogP contribution in [0.5, 0.6) is 0 Å². The lowest BCUT2D eigenvalue weighted by atomic mass is 11.0. The molecule has 0 radical (unpaired) electrons. The second-order valence-corrected chi connectivity index (χ2v) is 7.69. The van der Waals surface area contributed by atoms with Gasteiger partial charge in [-0.3, -0.25) is 0 Å². The predicted octanol–water partition coefficient (Wildman–Crippen LogP) is 3.15. The van der Waals surface area contributed by atoms with Crippen LogP contribution in [0.25, 0.3) is 0 Å². The summed E-state index contributed by atoms with van der Waals surface area (Å²) in [7, 11) is 0. The standard InChI is InChI=1S/C5H10S4/c1-5-8-3-6-2-7-4-9-5/h5H,2-4H2,1H3. The van der Waals surface area contributed by atoms with Crippen LogP contribution in [0.15, 0.2) is 0 Å². The van der Waals surface area contributed by atoms with Crippen LogP contribution in [-0.2, 0) is 0 Å². The van der Waals surface area contributed by atoms with Gasteiger partial charge in [0.25, 0.3) is 0 Å². The lowest BCUT2D eigenvalue weighted by Crippen LogP contribution is -1.93. The Morgan fingerprint density at radius 1 is 1.00 bits per heavy atom. The number of thioether (sulfide) groups is 4. The Morgan fingerprint density at radius 2 is 1.56 bits per heavy atom. The van der Waals surface area contributed by atoms with Crippen molar-refractivity contribution < 1.29 is 0 Å². The van der Waals surface area contributed by atoms with Crippen LogP contribution in [0.3, 0.4) is 0 Å². The Kier molecular flexibility index (Phi) is 4.82. The molecule has 1 heterocycles. The highest BCUT2D eigenvalue weighted by molar-refractivity contribution is 8.32. The molecule has 0 aromatic carbocycles. The maximum absolute atomic E-state index is 2.29. The summed E-state index contributed by atoms with van der Waals surface area (Å²) < 4.78 is 0.810. The van der Waals surface area contributed by atoms with E-state index in [4.69, 9.17) is 0 Å². The van der Waals surface area contributed by atoms with Gasteiger partial charge in [-0.15, -0.1) is 47.0 Å². The molecule has 0 atom stereocenters. The molecule has 4 heteroatoms. The van der Waals surface area contributed by atoms with Crippen LogP contribution < -0.4 is 0 Å². The van der Waals surface area contributed by atoms with Crippen LogP contribution in [0.1, 0.15) is 6.92 Å². The monoisotopic (exact) mass is 198 g/mol. The number of hydrogen-bond acceptors (Lipinski definition) is 4. The third-order valence-corrected chi connectivity index (χ3v) is 6.45. The summed E-state index contributed by atoms with van der Waals surface area (Å²) in [6, 6.07) is 0. The Hall–Kier alpha value is 1.40. The minimum Gasteiger partial charge on any atom is -0.140 e. The van der Waals surface area contributed by atoms with E-state index in [0.717, 1.165) is 4.58 Å². The van der Waals surface area contributed by atoms with Crippen molar-refractivity contribution >= 4 is 47.0 Å². The molecule has 9 heavy (non-hydrogen) atoms. The number of hydrogen-bond donors (Lipinski definition) is 0. The molecule has 0 nitrogen and oxygen atoms in total. The molecule has 0 amide bonds. The quantitative estimate of drug-likeness (QED) is 0.586. The van der Waals surface area contributed by atoms with Crippen molar-refractivity contribution in [3.05, 3.63) is 0 Å². The molecule has 1 fully saturated rings. The van der Waals surface area contributed by atoms with Crippen molar-refractivity contribution in [2.24, 2.45) is 0 Å². The van der Waals surface area contributed by atoms with Gasteiger partial charge in [-0.2, -0.15) is 0 Å². The first kappa shape index (κ1) is 8.50. The molecular formula is C5H10S4. The van der Waals surface area contributed by atoms with Crippen LogP contribution in [-0.4, -0.2) is 19.8 Å². The van der Waals surface area contributed by atoms with E-state index in [-0.39, 0.29) is 0 Å². The van der Waals surface area contributed by atoms with Crippen molar-refractivity contribution in [1.82, 2.24) is 0 Å². The van der Waals surface area contributed by atoms with Gasteiger partial charge in [0.1, 0.15) is 0 Å². The number of rotatable bonds is 0. The summed E-state index contributed by atoms with van der Waals surface area (Å²) in [5.74, 6) is 0. The summed E-state index contributed by atoms with van der Waals surface area (Å²) in [6.45, 7) is 2.29. The zero-order valence-electron chi connectivity index (χ0n) is 5.33. The highest BCUT2D eigenvalue weighted by atomic mass is 32.3. The Balaban J connectivity index is 2.12. The van der Waals surface area contributed by atoms with E-state index in [1.807, 2.05) is 23.5 Å². The zero-order chi connectivity index (χ0) is 6.53. The molecule has 0 aromatic rings. The Bertz CT molecular complexity index is 67.4. The average molecular weight is 198 g/mol. The molecule has 0 N–H and O–H groups in total. The second-order valence-electron chi connectivity index (χ2n) is 1.66. The first-order chi connectivity index (χ1) is 4.39. The fourth-order valence-corrected chi connectivity index (χ4v) is 6.39. The molecule has 0 aliphatic carbocycles. The van der Waals surface area contributed by atoms with Gasteiger partial charge >= 0.3 is 0 Å². The van der Waals surface area contributed by atoms with Gasteiger partial charge in [-0.1, -0.05) is 0 Å². The largest absolute Gasteiger partial charge is 0.140 e. The van der Waals surface area contributed by atoms with Crippen molar-refractivity contribution in [1.29, 1.82) is 0 Å². The smallest absolute Gasteiger partial charge is 0.0490 e. The van der Waals surface area contributed by atoms with Crippen molar-refractivity contribution in [3.63, 3.8) is 0 Å². The van der Waals surface area contributed by atoms with Gasteiger partial charge in [0, 0.05) is 19.8 Å². The molecule has 1 rings (SSSR count). The molecule has 1 aliphatic heterocycles. The maximum atomic E-state index is 2.29. The van der Waals surface area contributed by atoms with Crippen LogP contribution >= 0.6 is 47.0 Å². The fraction of sp³-hybridized carbons (Fsp3) is 1.00. The zero-order valence-corrected chi connectivity index (χ0v) is 8.60. The van der Waals surface area contributed by atoms with E-state index in [2.05, 4.69) is 30.4 Å². The van der Waals surface area contributed by atoms with Crippen LogP contribution in [0.4, 0.5) is 0 Å². The van der Waals surface area contributed by atoms with E-state index in [9.17, 15) is 0 Å².